The molecule has 2 aliphatic carbocycles. The molecule has 0 radical (unpaired) electrons. The molecule has 6 nitrogen and oxygen atoms in total. The van der Waals surface area contributed by atoms with Gasteiger partial charge in [-0.05, 0) is 274 Å². The highest BCUT2D eigenvalue weighted by molar-refractivity contribution is 5.98. The number of hydrogen-bond donors (Lipinski definition) is 0. The molecule has 2 aliphatic rings. The molecule has 0 fully saturated rings. The summed E-state index contributed by atoms with van der Waals surface area (Å²) in [4.78, 5) is 30.8. The van der Waals surface area contributed by atoms with E-state index in [9.17, 15) is 0 Å². The van der Waals surface area contributed by atoms with E-state index >= 15 is 0 Å². The maximum absolute atomic E-state index is 5.62. The Labute approximate surface area is 723 Å². The van der Waals surface area contributed by atoms with E-state index in [1.54, 1.807) is 0 Å². The average molecular weight is 1580 g/mol. The van der Waals surface area contributed by atoms with Crippen LogP contribution in [0, 0.1) is 27.7 Å². The predicted octanol–water partition coefficient (Wildman–Crippen LogP) is 29.2. The predicted molar refractivity (Wildman–Crippen MR) is 510 cm³/mol. The van der Waals surface area contributed by atoms with Gasteiger partial charge in [0.15, 0.2) is 5.82 Å². The zero-order chi connectivity index (χ0) is 83.0. The zero-order valence-electron chi connectivity index (χ0n) is 69.1. The van der Waals surface area contributed by atoms with Crippen molar-refractivity contribution in [3.63, 3.8) is 0 Å². The summed E-state index contributed by atoms with van der Waals surface area (Å²) in [6.07, 6.45) is 5.83. The van der Waals surface area contributed by atoms with Gasteiger partial charge in [0.2, 0.25) is 0 Å². The molecule has 16 aromatic carbocycles. The molecule has 1 atom stereocenters. The summed E-state index contributed by atoms with van der Waals surface area (Å²) in [7, 11) is 0. The van der Waals surface area contributed by atoms with Crippen LogP contribution in [0.5, 0.6) is 0 Å². The van der Waals surface area contributed by atoms with Crippen LogP contribution < -0.4 is 0 Å². The molecule has 22 rings (SSSR count). The molecule has 124 heavy (non-hydrogen) atoms. The van der Waals surface area contributed by atoms with Crippen LogP contribution in [0.3, 0.4) is 0 Å². The van der Waals surface area contributed by atoms with E-state index in [0.717, 1.165) is 157 Å². The number of rotatable bonds is 16. The Bertz CT molecular complexity index is 7560. The molecule has 0 saturated carbocycles. The highest BCUT2D eigenvalue weighted by atomic mass is 14.9. The van der Waals surface area contributed by atoms with Gasteiger partial charge in [-0.2, -0.15) is 0 Å². The molecule has 20 aromatic rings. The fourth-order valence-electron chi connectivity index (χ4n) is 19.8. The molecule has 1 unspecified atom stereocenters. The van der Waals surface area contributed by atoms with Gasteiger partial charge in [0.05, 0.1) is 33.6 Å². The van der Waals surface area contributed by atoms with Gasteiger partial charge in [0.25, 0.3) is 0 Å². The molecule has 0 saturated heterocycles. The molecular weight excluding hydrogens is 1500 g/mol. The van der Waals surface area contributed by atoms with Gasteiger partial charge in [-0.3, -0.25) is 9.97 Å². The van der Waals surface area contributed by atoms with E-state index in [0.29, 0.717) is 5.82 Å². The number of fused-ring (bicyclic) bond motifs is 7. The van der Waals surface area contributed by atoms with Crippen LogP contribution in [0.4, 0.5) is 0 Å². The van der Waals surface area contributed by atoms with Gasteiger partial charge in [0.1, 0.15) is 5.82 Å². The zero-order valence-corrected chi connectivity index (χ0v) is 69.1. The van der Waals surface area contributed by atoms with Crippen molar-refractivity contribution in [1.29, 1.82) is 0 Å². The van der Waals surface area contributed by atoms with E-state index in [1.165, 1.54) is 72.1 Å². The number of hydrogen-bond acceptors (Lipinski definition) is 6. The third-order valence-electron chi connectivity index (χ3n) is 25.4. The van der Waals surface area contributed by atoms with Crippen molar-refractivity contribution in [3.8, 4) is 157 Å². The van der Waals surface area contributed by atoms with Crippen LogP contribution >= 0.6 is 0 Å². The minimum atomic E-state index is -0.714. The first-order valence-corrected chi connectivity index (χ1v) is 42.6. The number of benzene rings is 16. The molecule has 0 N–H and O–H groups in total. The first-order chi connectivity index (χ1) is 61.0. The van der Waals surface area contributed by atoms with E-state index in [1.807, 2.05) is 25.5 Å². The summed E-state index contributed by atoms with van der Waals surface area (Å²) in [5, 5.41) is 2.34. The van der Waals surface area contributed by atoms with Crippen LogP contribution in [0.2, 0.25) is 0 Å². The Morgan fingerprint density at radius 1 is 0.202 bits per heavy atom. The quantitative estimate of drug-likeness (QED) is 0.0959. The Balaban J connectivity index is 0.620. The van der Waals surface area contributed by atoms with Crippen molar-refractivity contribution in [2.45, 2.75) is 38.5 Å². The van der Waals surface area contributed by atoms with E-state index in [2.05, 4.69) is 432 Å². The molecule has 0 bridgehead atoms. The summed E-state index contributed by atoms with van der Waals surface area (Å²) in [5.41, 5.74) is 40.3. The fourth-order valence-corrected chi connectivity index (χ4v) is 19.8. The largest absolute Gasteiger partial charge is 0.264 e. The van der Waals surface area contributed by atoms with Gasteiger partial charge in [0, 0.05) is 57.7 Å². The normalized spacial score (nSPS) is 13.4. The summed E-state index contributed by atoms with van der Waals surface area (Å²) >= 11 is 0. The second-order valence-corrected chi connectivity index (χ2v) is 33.0. The summed E-state index contributed by atoms with van der Waals surface area (Å²) < 4.78 is 0. The number of aryl methyl sites for hydroxylation is 4. The highest BCUT2D eigenvalue weighted by Crippen LogP contribution is 2.60. The number of aromatic nitrogens is 6. The number of pyridine rings is 2. The van der Waals surface area contributed by atoms with Crippen molar-refractivity contribution in [2.75, 3.05) is 0 Å². The summed E-state index contributed by atoms with van der Waals surface area (Å²) in [5.74, 6) is 1.39. The van der Waals surface area contributed by atoms with Gasteiger partial charge in [-0.15, -0.1) is 0 Å². The second kappa shape index (κ2) is 30.8. The Hall–Kier alpha value is -15.8. The Morgan fingerprint density at radius 2 is 0.653 bits per heavy atom. The van der Waals surface area contributed by atoms with Crippen molar-refractivity contribution in [2.24, 2.45) is 0 Å². The lowest BCUT2D eigenvalue weighted by molar-refractivity contribution is 0.769. The van der Waals surface area contributed by atoms with Crippen molar-refractivity contribution >= 4 is 10.8 Å². The Morgan fingerprint density at radius 3 is 1.31 bits per heavy atom. The second-order valence-electron chi connectivity index (χ2n) is 33.0. The topological polar surface area (TPSA) is 77.3 Å². The standard InChI is InChI=1S/C118H82N6/c1-75-51-58-112(120-73-75)92-65-90(81-30-22-29-80(61-81)84-52-55-104-107-68-88(113-71-115(123-78(4)122-113)106-49-26-28-79-27-14-15-43-98(79)106)54-57-109(107)117(110(104)69-84,94-36-8-5-9-37-94)95-38-10-6-11-39-95)64-91(66-92)82-31-23-34-86(62-82)101-46-18-19-48-105(101)114-60-77(3)121-116(124-114)89-53-56-103-102-47-20-21-50-108(102)118(111(103)70-89,96-40-12-7-13-41-96)97-42-25-35-87(67-97)100-45-17-16-44-99(100)85-33-24-32-83(63-85)93-59-76(2)72-119-74-93/h5-74H,1-4H3. The van der Waals surface area contributed by atoms with Crippen LogP contribution in [0.15, 0.2) is 425 Å². The molecule has 0 amide bonds. The molecular formula is C118H82N6. The maximum Gasteiger partial charge on any atom is 0.160 e. The minimum Gasteiger partial charge on any atom is -0.264 e. The smallest absolute Gasteiger partial charge is 0.160 e. The van der Waals surface area contributed by atoms with Crippen LogP contribution in [-0.2, 0) is 10.8 Å². The van der Waals surface area contributed by atoms with Crippen LogP contribution in [-0.4, -0.2) is 29.9 Å². The third kappa shape index (κ3) is 13.0. The lowest BCUT2D eigenvalue weighted by Gasteiger charge is -2.34. The van der Waals surface area contributed by atoms with E-state index < -0.39 is 10.8 Å². The third-order valence-corrected chi connectivity index (χ3v) is 25.4. The van der Waals surface area contributed by atoms with Gasteiger partial charge in [-0.25, -0.2) is 19.9 Å². The fraction of sp³-hybridized carbons (Fsp3) is 0.0508. The van der Waals surface area contributed by atoms with Gasteiger partial charge in [-0.1, -0.05) is 322 Å². The van der Waals surface area contributed by atoms with Crippen LogP contribution in [0.25, 0.3) is 167 Å². The Kier molecular flexibility index (Phi) is 18.5. The molecule has 4 heterocycles. The monoisotopic (exact) mass is 1580 g/mol. The summed E-state index contributed by atoms with van der Waals surface area (Å²) in [6.45, 7) is 8.28. The molecule has 584 valence electrons. The van der Waals surface area contributed by atoms with Gasteiger partial charge >= 0.3 is 0 Å². The van der Waals surface area contributed by atoms with Crippen molar-refractivity contribution in [1.82, 2.24) is 29.9 Å². The lowest BCUT2D eigenvalue weighted by Crippen LogP contribution is -2.28. The molecule has 0 aliphatic heterocycles. The number of nitrogens with zero attached hydrogens (tertiary/aromatic N) is 6. The molecule has 6 heteroatoms. The maximum atomic E-state index is 5.62. The summed E-state index contributed by atoms with van der Waals surface area (Å²) in [6, 6.07) is 150. The molecule has 4 aromatic heterocycles. The van der Waals surface area contributed by atoms with E-state index in [4.69, 9.17) is 24.9 Å². The van der Waals surface area contributed by atoms with E-state index in [-0.39, 0.29) is 0 Å². The van der Waals surface area contributed by atoms with Crippen LogP contribution in [0.1, 0.15) is 67.2 Å². The lowest BCUT2D eigenvalue weighted by atomic mass is 9.67. The first kappa shape index (κ1) is 74.5. The van der Waals surface area contributed by atoms with Crippen molar-refractivity contribution < 1.29 is 0 Å². The highest BCUT2D eigenvalue weighted by Gasteiger charge is 2.48. The average Bonchev–Trinajstić information content (AvgIpc) is 1.54. The minimum absolute atomic E-state index is 0.651. The first-order valence-electron chi connectivity index (χ1n) is 42.6. The van der Waals surface area contributed by atoms with Gasteiger partial charge < -0.3 is 0 Å². The molecule has 0 spiro atoms. The SMILES string of the molecule is Cc1ccc(-c2cc(-c3cccc(-c4ccc5c(c4)C(c4ccccc4)(c4ccccc4)c4ccc(-c6cc(-c7cccc8ccccc78)nc(C)n6)cc4-5)c3)cc(-c3cccc(-c4ccccc4-c4cc(C)nc(-c5ccc6c(c5)C(c5ccccc5)(c5cccc(-c7ccccc7-c7cccc(-c8cncc(C)c8)c7)c5)c5ccccc5-6)n4)c3)c2)nc1. The van der Waals surface area contributed by atoms with Crippen molar-refractivity contribution in [3.05, 3.63) is 492 Å².